The van der Waals surface area contributed by atoms with Gasteiger partial charge < -0.3 is 4.74 Å². The van der Waals surface area contributed by atoms with E-state index in [1.54, 1.807) is 24.8 Å². The van der Waals surface area contributed by atoms with Crippen LogP contribution in [0.5, 0.6) is 5.75 Å². The van der Waals surface area contributed by atoms with Gasteiger partial charge in [0.1, 0.15) is 11.3 Å². The predicted molar refractivity (Wildman–Crippen MR) is 94.8 cm³/mol. The lowest BCUT2D eigenvalue weighted by atomic mass is 10.1. The Morgan fingerprint density at radius 1 is 1.17 bits per heavy atom. The van der Waals surface area contributed by atoms with Crippen LogP contribution in [0.25, 0.3) is 21.8 Å². The van der Waals surface area contributed by atoms with Gasteiger partial charge in [0.25, 0.3) is 5.56 Å². The van der Waals surface area contributed by atoms with Gasteiger partial charge in [-0.2, -0.15) is 0 Å². The van der Waals surface area contributed by atoms with Crippen molar-refractivity contribution in [3.05, 3.63) is 45.2 Å². The Morgan fingerprint density at radius 2 is 1.92 bits per heavy atom. The van der Waals surface area contributed by atoms with E-state index in [-0.39, 0.29) is 17.2 Å². The van der Waals surface area contributed by atoms with Crippen molar-refractivity contribution in [2.45, 2.75) is 33.9 Å². The zero-order chi connectivity index (χ0) is 17.4. The van der Waals surface area contributed by atoms with Crippen LogP contribution >= 0.6 is 0 Å². The zero-order valence-electron chi connectivity index (χ0n) is 14.4. The van der Waals surface area contributed by atoms with Crippen LogP contribution in [0.1, 0.15) is 20.8 Å². The maximum absolute atomic E-state index is 12.8. The van der Waals surface area contributed by atoms with Crippen molar-refractivity contribution in [1.29, 1.82) is 0 Å². The van der Waals surface area contributed by atoms with E-state index in [4.69, 9.17) is 4.74 Å². The SMILES string of the molecule is CCn1c(=O)c2cnc3c(OC)cccc3c2n(CC(C)C)c1=O. The zero-order valence-corrected chi connectivity index (χ0v) is 14.4. The summed E-state index contributed by atoms with van der Waals surface area (Å²) in [5, 5.41) is 1.21. The first kappa shape index (κ1) is 16.2. The maximum Gasteiger partial charge on any atom is 0.331 e. The largest absolute Gasteiger partial charge is 0.494 e. The Hall–Kier alpha value is -2.63. The minimum Gasteiger partial charge on any atom is -0.494 e. The van der Waals surface area contributed by atoms with Crippen LogP contribution in [0.3, 0.4) is 0 Å². The number of ether oxygens (including phenoxy) is 1. The molecule has 0 amide bonds. The first-order valence-corrected chi connectivity index (χ1v) is 8.08. The molecule has 0 aliphatic rings. The number of pyridine rings is 1. The summed E-state index contributed by atoms with van der Waals surface area (Å²) in [6.07, 6.45) is 1.55. The van der Waals surface area contributed by atoms with Gasteiger partial charge in [-0.05, 0) is 18.9 Å². The van der Waals surface area contributed by atoms with Crippen molar-refractivity contribution in [2.24, 2.45) is 5.92 Å². The number of benzene rings is 1. The number of aromatic nitrogens is 3. The number of rotatable bonds is 4. The molecular weight excluding hydrogens is 306 g/mol. The number of fused-ring (bicyclic) bond motifs is 3. The fourth-order valence-corrected chi connectivity index (χ4v) is 3.08. The molecule has 0 aliphatic heterocycles. The summed E-state index contributed by atoms with van der Waals surface area (Å²) in [4.78, 5) is 30.0. The van der Waals surface area contributed by atoms with Crippen molar-refractivity contribution in [3.63, 3.8) is 0 Å². The smallest absolute Gasteiger partial charge is 0.331 e. The summed E-state index contributed by atoms with van der Waals surface area (Å²) < 4.78 is 8.32. The lowest BCUT2D eigenvalue weighted by Crippen LogP contribution is -2.40. The lowest BCUT2D eigenvalue weighted by Gasteiger charge is -2.17. The van der Waals surface area contributed by atoms with E-state index in [1.807, 2.05) is 32.0 Å². The first-order chi connectivity index (χ1) is 11.5. The van der Waals surface area contributed by atoms with Gasteiger partial charge in [-0.15, -0.1) is 0 Å². The van der Waals surface area contributed by atoms with Gasteiger partial charge in [-0.1, -0.05) is 26.0 Å². The third kappa shape index (κ3) is 2.38. The molecule has 0 bridgehead atoms. The van der Waals surface area contributed by atoms with Gasteiger partial charge >= 0.3 is 5.69 Å². The molecule has 6 heteroatoms. The fraction of sp³-hybridized carbons (Fsp3) is 0.389. The van der Waals surface area contributed by atoms with Crippen molar-refractivity contribution in [1.82, 2.24) is 14.1 Å². The van der Waals surface area contributed by atoms with E-state index < -0.39 is 0 Å². The summed E-state index contributed by atoms with van der Waals surface area (Å²) >= 11 is 0. The average Bonchev–Trinajstić information content (AvgIpc) is 2.57. The molecule has 0 fully saturated rings. The topological polar surface area (TPSA) is 66.1 Å². The molecular formula is C18H21N3O3. The van der Waals surface area contributed by atoms with Gasteiger partial charge in [0.15, 0.2) is 0 Å². The summed E-state index contributed by atoms with van der Waals surface area (Å²) in [6.45, 7) is 6.76. The third-order valence-corrected chi connectivity index (χ3v) is 4.12. The molecule has 3 aromatic rings. The van der Waals surface area contributed by atoms with Crippen LogP contribution in [0.15, 0.2) is 34.0 Å². The highest BCUT2D eigenvalue weighted by Gasteiger charge is 2.17. The van der Waals surface area contributed by atoms with Crippen LogP contribution < -0.4 is 16.0 Å². The van der Waals surface area contributed by atoms with E-state index >= 15 is 0 Å². The Labute approximate surface area is 139 Å². The Kier molecular flexibility index (Phi) is 4.13. The standard InChI is InChI=1S/C18H21N3O3/c1-5-20-17(22)13-9-19-15-12(7-6-8-14(15)24-4)16(13)21(18(20)23)10-11(2)3/h6-9,11H,5,10H2,1-4H3. The van der Waals surface area contributed by atoms with Gasteiger partial charge in [0, 0.05) is 24.7 Å². The van der Waals surface area contributed by atoms with Crippen LogP contribution in [0, 0.1) is 5.92 Å². The predicted octanol–water partition coefficient (Wildman–Crippen LogP) is 2.40. The molecule has 0 saturated heterocycles. The molecule has 0 N–H and O–H groups in total. The number of hydrogen-bond donors (Lipinski definition) is 0. The molecule has 0 unspecified atom stereocenters. The maximum atomic E-state index is 12.8. The monoisotopic (exact) mass is 327 g/mol. The molecule has 0 atom stereocenters. The molecule has 1 aromatic carbocycles. The van der Waals surface area contributed by atoms with Gasteiger partial charge in [-0.3, -0.25) is 18.9 Å². The number of para-hydroxylation sites is 1. The van der Waals surface area contributed by atoms with Gasteiger partial charge in [0.05, 0.1) is 18.0 Å². The Balaban J connectivity index is 2.59. The first-order valence-electron chi connectivity index (χ1n) is 8.08. The lowest BCUT2D eigenvalue weighted by molar-refractivity contribution is 0.419. The minimum atomic E-state index is -0.297. The van der Waals surface area contributed by atoms with Crippen molar-refractivity contribution < 1.29 is 4.74 Å². The van der Waals surface area contributed by atoms with Crippen LogP contribution in [0.4, 0.5) is 0 Å². The van der Waals surface area contributed by atoms with Crippen LogP contribution in [0.2, 0.25) is 0 Å². The molecule has 0 aliphatic carbocycles. The number of methoxy groups -OCH3 is 1. The highest BCUT2D eigenvalue weighted by atomic mass is 16.5. The Morgan fingerprint density at radius 3 is 2.54 bits per heavy atom. The molecule has 2 heterocycles. The normalized spacial score (nSPS) is 11.5. The fourth-order valence-electron chi connectivity index (χ4n) is 3.08. The summed E-state index contributed by atoms with van der Waals surface area (Å²) in [5.41, 5.74) is 0.708. The van der Waals surface area contributed by atoms with Crippen molar-refractivity contribution in [3.8, 4) is 5.75 Å². The van der Waals surface area contributed by atoms with Crippen molar-refractivity contribution in [2.75, 3.05) is 7.11 Å². The van der Waals surface area contributed by atoms with Gasteiger partial charge in [0.2, 0.25) is 0 Å². The van der Waals surface area contributed by atoms with E-state index in [9.17, 15) is 9.59 Å². The average molecular weight is 327 g/mol. The molecule has 2 aromatic heterocycles. The minimum absolute atomic E-state index is 0.266. The second-order valence-electron chi connectivity index (χ2n) is 6.21. The van der Waals surface area contributed by atoms with Crippen LogP contribution in [-0.2, 0) is 13.1 Å². The molecule has 0 saturated carbocycles. The van der Waals surface area contributed by atoms with Crippen molar-refractivity contribution >= 4 is 21.8 Å². The third-order valence-electron chi connectivity index (χ3n) is 4.12. The number of nitrogens with zero attached hydrogens (tertiary/aromatic N) is 3. The molecule has 0 radical (unpaired) electrons. The molecule has 126 valence electrons. The highest BCUT2D eigenvalue weighted by molar-refractivity contribution is 6.04. The molecule has 24 heavy (non-hydrogen) atoms. The summed E-state index contributed by atoms with van der Waals surface area (Å²) in [5.74, 6) is 0.889. The molecule has 6 nitrogen and oxygen atoms in total. The second kappa shape index (κ2) is 6.11. The van der Waals surface area contributed by atoms with E-state index in [0.717, 1.165) is 5.39 Å². The Bertz CT molecular complexity index is 1030. The molecule has 0 spiro atoms. The van der Waals surface area contributed by atoms with E-state index in [1.165, 1.54) is 4.57 Å². The van der Waals surface area contributed by atoms with Gasteiger partial charge in [-0.25, -0.2) is 4.79 Å². The summed E-state index contributed by atoms with van der Waals surface area (Å²) in [6, 6.07) is 5.54. The van der Waals surface area contributed by atoms with Crippen LogP contribution in [-0.4, -0.2) is 21.2 Å². The van der Waals surface area contributed by atoms with E-state index in [2.05, 4.69) is 4.98 Å². The molecule has 3 rings (SSSR count). The summed E-state index contributed by atoms with van der Waals surface area (Å²) in [7, 11) is 1.58. The quantitative estimate of drug-likeness (QED) is 0.690. The van der Waals surface area contributed by atoms with E-state index in [0.29, 0.717) is 35.3 Å². The highest BCUT2D eigenvalue weighted by Crippen LogP contribution is 2.28. The second-order valence-corrected chi connectivity index (χ2v) is 6.21. The number of hydrogen-bond acceptors (Lipinski definition) is 4.